The number of rotatable bonds is 9. The Morgan fingerprint density at radius 2 is 1.15 bits per heavy atom. The van der Waals surface area contributed by atoms with Gasteiger partial charge in [-0.25, -0.2) is 21.2 Å². The monoisotopic (exact) mass is 513 g/mol. The van der Waals surface area contributed by atoms with Crippen LogP contribution in [0.15, 0.2) is 94.7 Å². The van der Waals surface area contributed by atoms with Gasteiger partial charge < -0.3 is 4.18 Å². The van der Waals surface area contributed by atoms with Gasteiger partial charge in [0.2, 0.25) is 0 Å². The molecule has 0 fully saturated rings. The van der Waals surface area contributed by atoms with Crippen molar-refractivity contribution in [3.8, 4) is 5.75 Å². The van der Waals surface area contributed by atoms with Crippen LogP contribution in [-0.2, 0) is 30.2 Å². The lowest BCUT2D eigenvalue weighted by Gasteiger charge is -2.29. The summed E-state index contributed by atoms with van der Waals surface area (Å²) in [5, 5.41) is 0. The number of nitrogens with zero attached hydrogens (tertiary/aromatic N) is 1. The molecule has 0 N–H and O–H groups in total. The fraction of sp³-hybridized carbons (Fsp3) is 0.143. The summed E-state index contributed by atoms with van der Waals surface area (Å²) in [4.78, 5) is -0.667. The summed E-state index contributed by atoms with van der Waals surface area (Å²) in [6, 6.07) is 16.6. The standard InChI is InChI=1S/C21H20FNO7S3/c1-31(24,25)30-18-14-12-17(13-15-18)21(16-22)23(32(26,27)19-8-4-2-5-9-19)33(28,29)20-10-6-3-7-11-20/h2-15,21H,16H2,1H3. The molecular weight excluding hydrogens is 493 g/mol. The van der Waals surface area contributed by atoms with E-state index in [1.165, 1.54) is 72.8 Å². The van der Waals surface area contributed by atoms with Crippen LogP contribution in [0.1, 0.15) is 11.6 Å². The number of benzene rings is 3. The lowest BCUT2D eigenvalue weighted by atomic mass is 10.1. The molecular formula is C21H20FNO7S3. The Balaban J connectivity index is 2.18. The number of hydrogen-bond acceptors (Lipinski definition) is 7. The van der Waals surface area contributed by atoms with Crippen molar-refractivity contribution < 1.29 is 33.8 Å². The van der Waals surface area contributed by atoms with Crippen LogP contribution in [0.5, 0.6) is 5.75 Å². The number of halogens is 1. The second-order valence-corrected chi connectivity index (χ2v) is 12.3. The van der Waals surface area contributed by atoms with Gasteiger partial charge in [0.25, 0.3) is 20.0 Å². The molecule has 0 aliphatic carbocycles. The maximum atomic E-state index is 14.4. The lowest BCUT2D eigenvalue weighted by molar-refractivity contribution is 0.339. The molecule has 0 bridgehead atoms. The lowest BCUT2D eigenvalue weighted by Crippen LogP contribution is -2.40. The van der Waals surface area contributed by atoms with Gasteiger partial charge >= 0.3 is 10.1 Å². The van der Waals surface area contributed by atoms with Crippen molar-refractivity contribution in [2.45, 2.75) is 15.8 Å². The molecule has 1 atom stereocenters. The Morgan fingerprint density at radius 1 is 0.727 bits per heavy atom. The topological polar surface area (TPSA) is 115 Å². The fourth-order valence-electron chi connectivity index (χ4n) is 3.04. The predicted octanol–water partition coefficient (Wildman–Crippen LogP) is 3.12. The van der Waals surface area contributed by atoms with Crippen molar-refractivity contribution >= 4 is 30.2 Å². The van der Waals surface area contributed by atoms with Gasteiger partial charge in [0.05, 0.1) is 22.1 Å². The summed E-state index contributed by atoms with van der Waals surface area (Å²) in [6.45, 7) is -1.37. The number of hydrogen-bond donors (Lipinski definition) is 0. The van der Waals surface area contributed by atoms with Crippen LogP contribution in [0.4, 0.5) is 4.39 Å². The highest BCUT2D eigenvalue weighted by atomic mass is 32.3. The molecule has 0 aliphatic rings. The van der Waals surface area contributed by atoms with E-state index in [9.17, 15) is 29.6 Å². The summed E-state index contributed by atoms with van der Waals surface area (Å²) in [6.07, 6.45) is 0.839. The summed E-state index contributed by atoms with van der Waals surface area (Å²) < 4.78 is 95.7. The molecule has 176 valence electrons. The van der Waals surface area contributed by atoms with Crippen molar-refractivity contribution in [3.63, 3.8) is 0 Å². The van der Waals surface area contributed by atoms with E-state index in [4.69, 9.17) is 4.18 Å². The molecule has 0 spiro atoms. The molecule has 12 heteroatoms. The van der Waals surface area contributed by atoms with Gasteiger partial charge in [-0.05, 0) is 42.0 Å². The molecule has 0 aromatic heterocycles. The molecule has 0 heterocycles. The second-order valence-electron chi connectivity index (χ2n) is 6.89. The Kier molecular flexibility index (Phi) is 7.22. The summed E-state index contributed by atoms with van der Waals surface area (Å²) in [5.74, 6) is -0.0951. The van der Waals surface area contributed by atoms with Crippen LogP contribution in [0.25, 0.3) is 0 Å². The van der Waals surface area contributed by atoms with E-state index in [0.29, 0.717) is 0 Å². The molecule has 0 radical (unpaired) electrons. The minimum atomic E-state index is -4.73. The molecule has 0 saturated carbocycles. The zero-order chi connectivity index (χ0) is 24.3. The third-order valence-corrected chi connectivity index (χ3v) is 9.33. The zero-order valence-electron chi connectivity index (χ0n) is 17.3. The van der Waals surface area contributed by atoms with Crippen molar-refractivity contribution in [3.05, 3.63) is 90.5 Å². The van der Waals surface area contributed by atoms with Crippen molar-refractivity contribution in [1.82, 2.24) is 3.71 Å². The van der Waals surface area contributed by atoms with E-state index in [1.807, 2.05) is 0 Å². The van der Waals surface area contributed by atoms with Gasteiger partial charge in [0.15, 0.2) is 0 Å². The Morgan fingerprint density at radius 3 is 1.52 bits per heavy atom. The maximum Gasteiger partial charge on any atom is 0.306 e. The molecule has 33 heavy (non-hydrogen) atoms. The molecule has 3 aromatic rings. The largest absolute Gasteiger partial charge is 0.383 e. The van der Waals surface area contributed by atoms with Gasteiger partial charge in [-0.15, -0.1) is 0 Å². The minimum absolute atomic E-state index is 0.0163. The Bertz CT molecular complexity index is 1340. The number of sulfonamides is 2. The fourth-order valence-corrected chi connectivity index (χ4v) is 7.50. The molecule has 1 unspecified atom stereocenters. The average molecular weight is 514 g/mol. The van der Waals surface area contributed by atoms with Crippen LogP contribution in [0.2, 0.25) is 0 Å². The summed E-state index contributed by atoms with van der Waals surface area (Å²) in [5.41, 5.74) is -0.0163. The summed E-state index contributed by atoms with van der Waals surface area (Å²) >= 11 is 0. The van der Waals surface area contributed by atoms with Gasteiger partial charge in [0, 0.05) is 0 Å². The first-order valence-corrected chi connectivity index (χ1v) is 14.1. The molecule has 0 aliphatic heterocycles. The van der Waals surface area contributed by atoms with Crippen LogP contribution >= 0.6 is 0 Å². The smallest absolute Gasteiger partial charge is 0.306 e. The van der Waals surface area contributed by atoms with E-state index >= 15 is 0 Å². The first kappa shape index (κ1) is 24.8. The number of alkyl halides is 1. The average Bonchev–Trinajstić information content (AvgIpc) is 2.78. The van der Waals surface area contributed by atoms with E-state index in [2.05, 4.69) is 0 Å². The van der Waals surface area contributed by atoms with Crippen LogP contribution in [-0.4, -0.2) is 41.9 Å². The molecule has 0 amide bonds. The molecule has 3 rings (SSSR count). The van der Waals surface area contributed by atoms with E-state index in [0.717, 1.165) is 6.26 Å². The van der Waals surface area contributed by atoms with Crippen LogP contribution in [0.3, 0.4) is 0 Å². The summed E-state index contributed by atoms with van der Waals surface area (Å²) in [7, 11) is -13.3. The third-order valence-electron chi connectivity index (χ3n) is 4.47. The normalized spacial score (nSPS) is 13.5. The maximum absolute atomic E-state index is 14.4. The van der Waals surface area contributed by atoms with Crippen molar-refractivity contribution in [1.29, 1.82) is 0 Å². The quantitative estimate of drug-likeness (QED) is 0.404. The third kappa shape index (κ3) is 5.58. The highest BCUT2D eigenvalue weighted by Crippen LogP contribution is 2.35. The van der Waals surface area contributed by atoms with Gasteiger partial charge in [0.1, 0.15) is 12.4 Å². The molecule has 3 aromatic carbocycles. The van der Waals surface area contributed by atoms with Crippen molar-refractivity contribution in [2.75, 3.05) is 12.9 Å². The molecule has 0 saturated heterocycles. The Hall–Kier alpha value is -2.80. The first-order valence-electron chi connectivity index (χ1n) is 9.42. The predicted molar refractivity (Wildman–Crippen MR) is 120 cm³/mol. The van der Waals surface area contributed by atoms with Gasteiger partial charge in [-0.3, -0.25) is 0 Å². The van der Waals surface area contributed by atoms with Crippen molar-refractivity contribution in [2.24, 2.45) is 0 Å². The first-order chi connectivity index (χ1) is 15.5. The van der Waals surface area contributed by atoms with E-state index in [1.54, 1.807) is 12.1 Å². The Labute approximate surface area is 192 Å². The van der Waals surface area contributed by atoms with Gasteiger partial charge in [-0.2, -0.15) is 8.42 Å². The second kappa shape index (κ2) is 9.59. The highest BCUT2D eigenvalue weighted by Gasteiger charge is 2.43. The van der Waals surface area contributed by atoms with Crippen LogP contribution < -0.4 is 4.18 Å². The zero-order valence-corrected chi connectivity index (χ0v) is 19.7. The highest BCUT2D eigenvalue weighted by molar-refractivity contribution is 8.04. The van der Waals surface area contributed by atoms with E-state index < -0.39 is 42.9 Å². The van der Waals surface area contributed by atoms with E-state index in [-0.39, 0.29) is 24.8 Å². The SMILES string of the molecule is CS(=O)(=O)Oc1ccc(C(CF)N(S(=O)(=O)c2ccccc2)S(=O)(=O)c2ccccc2)cc1. The minimum Gasteiger partial charge on any atom is -0.383 e. The molecule has 8 nitrogen and oxygen atoms in total. The van der Waals surface area contributed by atoms with Gasteiger partial charge in [-0.1, -0.05) is 52.2 Å². The van der Waals surface area contributed by atoms with Crippen LogP contribution in [0, 0.1) is 0 Å².